The summed E-state index contributed by atoms with van der Waals surface area (Å²) in [6.07, 6.45) is 2.38. The highest BCUT2D eigenvalue weighted by Gasteiger charge is 2.42. The number of nitrogens with zero attached hydrogens (tertiary/aromatic N) is 4. The van der Waals surface area contributed by atoms with Crippen molar-refractivity contribution in [3.05, 3.63) is 52.6 Å². The van der Waals surface area contributed by atoms with E-state index in [0.717, 1.165) is 28.1 Å². The van der Waals surface area contributed by atoms with E-state index in [1.807, 2.05) is 24.3 Å². The van der Waals surface area contributed by atoms with Crippen LogP contribution in [0.3, 0.4) is 0 Å². The minimum atomic E-state index is 0.210. The van der Waals surface area contributed by atoms with E-state index in [4.69, 9.17) is 20.8 Å². The van der Waals surface area contributed by atoms with Gasteiger partial charge in [0.1, 0.15) is 23.8 Å². The number of benzene rings is 1. The maximum absolute atomic E-state index is 6.41. The second-order valence-corrected chi connectivity index (χ2v) is 7.83. The molecule has 0 bridgehead atoms. The fraction of sp³-hybridized carbons (Fsp3) is 0.350. The Hall–Kier alpha value is -2.60. The molecule has 1 saturated carbocycles. The summed E-state index contributed by atoms with van der Waals surface area (Å²) < 4.78 is 13.7. The summed E-state index contributed by atoms with van der Waals surface area (Å²) in [5.74, 6) is 2.29. The van der Waals surface area contributed by atoms with Crippen LogP contribution in [0.5, 0.6) is 5.75 Å². The fourth-order valence-electron chi connectivity index (χ4n) is 3.65. The van der Waals surface area contributed by atoms with Crippen LogP contribution in [-0.2, 0) is 12.0 Å². The van der Waals surface area contributed by atoms with Crippen LogP contribution in [0.2, 0.25) is 5.02 Å². The van der Waals surface area contributed by atoms with Gasteiger partial charge in [-0.15, -0.1) is 5.10 Å². The zero-order valence-corrected chi connectivity index (χ0v) is 16.0. The van der Waals surface area contributed by atoms with Gasteiger partial charge in [-0.25, -0.2) is 0 Å². The lowest BCUT2D eigenvalue weighted by Crippen LogP contribution is -2.11. The van der Waals surface area contributed by atoms with Gasteiger partial charge in [-0.2, -0.15) is 5.11 Å². The Morgan fingerprint density at radius 1 is 1.26 bits per heavy atom. The van der Waals surface area contributed by atoms with Crippen LogP contribution >= 0.6 is 11.6 Å². The van der Waals surface area contributed by atoms with E-state index in [1.165, 1.54) is 18.5 Å². The van der Waals surface area contributed by atoms with Crippen molar-refractivity contribution >= 4 is 28.2 Å². The molecule has 0 atom stereocenters. The van der Waals surface area contributed by atoms with Gasteiger partial charge in [0.25, 0.3) is 0 Å². The Kier molecular flexibility index (Phi) is 3.65. The van der Waals surface area contributed by atoms with Crippen molar-refractivity contribution in [2.45, 2.75) is 31.7 Å². The van der Waals surface area contributed by atoms with E-state index >= 15 is 0 Å². The third kappa shape index (κ3) is 2.75. The van der Waals surface area contributed by atoms with Crippen LogP contribution < -0.4 is 4.74 Å². The second-order valence-electron chi connectivity index (χ2n) is 7.42. The topological polar surface area (TPSA) is 64.4 Å². The molecule has 1 aliphatic heterocycles. The molecule has 1 aromatic carbocycles. The molecule has 2 aliphatic rings. The first kappa shape index (κ1) is 16.6. The van der Waals surface area contributed by atoms with Gasteiger partial charge in [0, 0.05) is 16.5 Å². The van der Waals surface area contributed by atoms with E-state index in [1.54, 1.807) is 7.11 Å². The molecule has 0 saturated heterocycles. The minimum absolute atomic E-state index is 0.210. The normalized spacial score (nSPS) is 17.5. The van der Waals surface area contributed by atoms with Gasteiger partial charge in [0.05, 0.1) is 24.2 Å². The van der Waals surface area contributed by atoms with Gasteiger partial charge in [-0.3, -0.25) is 0 Å². The molecule has 1 aliphatic carbocycles. The fourth-order valence-corrected chi connectivity index (χ4v) is 3.89. The summed E-state index contributed by atoms with van der Waals surface area (Å²) in [7, 11) is 1.64. The lowest BCUT2D eigenvalue weighted by atomic mass is 10.1. The van der Waals surface area contributed by atoms with Gasteiger partial charge >= 0.3 is 0 Å². The standard InChI is InChI=1S/C20H19ClN4O2/c1-20(5-6-20)19-8-12-7-18(26-2)14(21)9-16(12)25(19)11-13-3-4-17(27-13)15-10-22-24-23-15/h3-4,7-9H,5-6,10-11H2,1-2H3. The van der Waals surface area contributed by atoms with Crippen molar-refractivity contribution in [1.29, 1.82) is 0 Å². The first-order chi connectivity index (χ1) is 13.1. The minimum Gasteiger partial charge on any atom is -0.495 e. The summed E-state index contributed by atoms with van der Waals surface area (Å²) in [5.41, 5.74) is 3.37. The van der Waals surface area contributed by atoms with Crippen LogP contribution in [0.15, 0.2) is 50.2 Å². The highest BCUT2D eigenvalue weighted by atomic mass is 35.5. The molecule has 2 aromatic heterocycles. The summed E-state index contributed by atoms with van der Waals surface area (Å²) in [6, 6.07) is 10.2. The summed E-state index contributed by atoms with van der Waals surface area (Å²) in [5, 5.41) is 13.3. The van der Waals surface area contributed by atoms with E-state index in [0.29, 0.717) is 23.9 Å². The van der Waals surface area contributed by atoms with Crippen LogP contribution in [-0.4, -0.2) is 23.9 Å². The molecule has 0 N–H and O–H groups in total. The summed E-state index contributed by atoms with van der Waals surface area (Å²) in [6.45, 7) is 3.41. The molecule has 3 aromatic rings. The van der Waals surface area contributed by atoms with Crippen molar-refractivity contribution < 1.29 is 9.15 Å². The van der Waals surface area contributed by atoms with Crippen molar-refractivity contribution in [1.82, 2.24) is 4.57 Å². The predicted octanol–water partition coefficient (Wildman–Crippen LogP) is 5.17. The van der Waals surface area contributed by atoms with E-state index in [-0.39, 0.29) is 5.41 Å². The average molecular weight is 383 g/mol. The third-order valence-electron chi connectivity index (χ3n) is 5.50. The maximum Gasteiger partial charge on any atom is 0.152 e. The largest absolute Gasteiger partial charge is 0.495 e. The van der Waals surface area contributed by atoms with Gasteiger partial charge in [0.2, 0.25) is 0 Å². The highest BCUT2D eigenvalue weighted by Crippen LogP contribution is 2.49. The number of hydrogen-bond donors (Lipinski definition) is 0. The number of hydrogen-bond acceptors (Lipinski definition) is 5. The van der Waals surface area contributed by atoms with Gasteiger partial charge in [-0.05, 0) is 48.4 Å². The number of halogens is 1. The van der Waals surface area contributed by atoms with Crippen molar-refractivity contribution in [3.63, 3.8) is 0 Å². The van der Waals surface area contributed by atoms with Crippen molar-refractivity contribution in [2.75, 3.05) is 13.7 Å². The summed E-state index contributed by atoms with van der Waals surface area (Å²) in [4.78, 5) is 0. The van der Waals surface area contributed by atoms with Crippen LogP contribution in [0, 0.1) is 0 Å². The number of fused-ring (bicyclic) bond motifs is 1. The lowest BCUT2D eigenvalue weighted by molar-refractivity contribution is 0.415. The third-order valence-corrected chi connectivity index (χ3v) is 5.80. The molecule has 5 rings (SSSR count). The van der Waals surface area contributed by atoms with Crippen LogP contribution in [0.1, 0.15) is 37.0 Å². The Labute approximate surface area is 161 Å². The number of methoxy groups -OCH3 is 1. The molecule has 6 nitrogen and oxygen atoms in total. The van der Waals surface area contributed by atoms with Gasteiger partial charge in [0.15, 0.2) is 5.76 Å². The van der Waals surface area contributed by atoms with Crippen LogP contribution in [0.4, 0.5) is 0 Å². The zero-order chi connectivity index (χ0) is 18.6. The number of rotatable bonds is 5. The molecule has 0 amide bonds. The molecule has 1 fully saturated rings. The Morgan fingerprint density at radius 3 is 2.81 bits per heavy atom. The van der Waals surface area contributed by atoms with Crippen molar-refractivity contribution in [2.24, 2.45) is 15.4 Å². The first-order valence-corrected chi connectivity index (χ1v) is 9.35. The molecule has 7 heteroatoms. The zero-order valence-electron chi connectivity index (χ0n) is 15.2. The second kappa shape index (κ2) is 5.96. The van der Waals surface area contributed by atoms with E-state index in [2.05, 4.69) is 33.0 Å². The van der Waals surface area contributed by atoms with E-state index in [9.17, 15) is 0 Å². The molecule has 138 valence electrons. The predicted molar refractivity (Wildman–Crippen MR) is 104 cm³/mol. The Balaban J connectivity index is 1.58. The highest BCUT2D eigenvalue weighted by molar-refractivity contribution is 6.32. The molecule has 0 unspecified atom stereocenters. The SMILES string of the molecule is COc1cc2cc(C3(C)CC3)n(Cc3ccc(C4=NN=NC4)o3)c2cc1Cl. The molecular weight excluding hydrogens is 364 g/mol. The smallest absolute Gasteiger partial charge is 0.152 e. The molecule has 27 heavy (non-hydrogen) atoms. The lowest BCUT2D eigenvalue weighted by Gasteiger charge is -2.14. The number of furan rings is 1. The van der Waals surface area contributed by atoms with Gasteiger partial charge in [-0.1, -0.05) is 18.5 Å². The molecule has 3 heterocycles. The van der Waals surface area contributed by atoms with Crippen LogP contribution in [0.25, 0.3) is 10.9 Å². The average Bonchev–Trinajstić information content (AvgIpc) is 3.09. The first-order valence-electron chi connectivity index (χ1n) is 8.97. The Morgan fingerprint density at radius 2 is 2.11 bits per heavy atom. The molecule has 0 radical (unpaired) electrons. The Bertz CT molecular complexity index is 1100. The van der Waals surface area contributed by atoms with E-state index < -0.39 is 0 Å². The van der Waals surface area contributed by atoms with Gasteiger partial charge < -0.3 is 13.7 Å². The van der Waals surface area contributed by atoms with Crippen molar-refractivity contribution in [3.8, 4) is 5.75 Å². The summed E-state index contributed by atoms with van der Waals surface area (Å²) >= 11 is 6.41. The molecular formula is C20H19ClN4O2. The maximum atomic E-state index is 6.41. The quantitative estimate of drug-likeness (QED) is 0.611. The monoisotopic (exact) mass is 382 g/mol. The number of aromatic nitrogens is 1. The molecule has 0 spiro atoms. The number of ether oxygens (including phenoxy) is 1.